The Kier molecular flexibility index (Phi) is 3.89. The van der Waals surface area contributed by atoms with Crippen LogP contribution in [0.1, 0.15) is 22.5 Å². The SMILES string of the molecule is COC(=O)c1c(F)cc(C(F)F)nc1I. The summed E-state index contributed by atoms with van der Waals surface area (Å²) >= 11 is 1.50. The second kappa shape index (κ2) is 4.77. The number of nitrogens with zero attached hydrogens (tertiary/aromatic N) is 1. The molecule has 1 rings (SSSR count). The highest BCUT2D eigenvalue weighted by atomic mass is 127. The van der Waals surface area contributed by atoms with Crippen molar-refractivity contribution in [1.29, 1.82) is 0 Å². The van der Waals surface area contributed by atoms with Gasteiger partial charge in [-0.05, 0) is 22.6 Å². The van der Waals surface area contributed by atoms with Gasteiger partial charge in [-0.2, -0.15) is 0 Å². The van der Waals surface area contributed by atoms with Crippen LogP contribution in [0.2, 0.25) is 0 Å². The Labute approximate surface area is 96.8 Å². The highest BCUT2D eigenvalue weighted by Gasteiger charge is 2.21. The summed E-state index contributed by atoms with van der Waals surface area (Å²) in [7, 11) is 1.07. The summed E-state index contributed by atoms with van der Waals surface area (Å²) in [4.78, 5) is 14.4. The minimum Gasteiger partial charge on any atom is -0.465 e. The van der Waals surface area contributed by atoms with Gasteiger partial charge in [-0.25, -0.2) is 22.9 Å². The van der Waals surface area contributed by atoms with E-state index < -0.39 is 29.5 Å². The number of rotatable bonds is 2. The fourth-order valence-corrected chi connectivity index (χ4v) is 1.65. The van der Waals surface area contributed by atoms with Crippen molar-refractivity contribution >= 4 is 28.6 Å². The molecule has 0 amide bonds. The molecule has 15 heavy (non-hydrogen) atoms. The molecule has 0 aromatic carbocycles. The number of ether oxygens (including phenoxy) is 1. The molecule has 0 atom stereocenters. The molecule has 0 aliphatic carbocycles. The van der Waals surface area contributed by atoms with E-state index in [9.17, 15) is 18.0 Å². The Morgan fingerprint density at radius 2 is 2.20 bits per heavy atom. The molecule has 0 bridgehead atoms. The van der Waals surface area contributed by atoms with Crippen molar-refractivity contribution in [3.8, 4) is 0 Å². The van der Waals surface area contributed by atoms with Gasteiger partial charge in [0.05, 0.1) is 7.11 Å². The number of aromatic nitrogens is 1. The van der Waals surface area contributed by atoms with Gasteiger partial charge in [0, 0.05) is 6.07 Å². The molecule has 0 saturated heterocycles. The first-order chi connectivity index (χ1) is 6.97. The lowest BCUT2D eigenvalue weighted by Gasteiger charge is -2.05. The summed E-state index contributed by atoms with van der Waals surface area (Å²) in [5, 5.41) is 0. The summed E-state index contributed by atoms with van der Waals surface area (Å²) in [6, 6.07) is 0.527. The summed E-state index contributed by atoms with van der Waals surface area (Å²) in [6.07, 6.45) is -2.88. The molecule has 3 nitrogen and oxygen atoms in total. The van der Waals surface area contributed by atoms with Gasteiger partial charge in [0.1, 0.15) is 20.8 Å². The van der Waals surface area contributed by atoms with Crippen LogP contribution in [0.3, 0.4) is 0 Å². The lowest BCUT2D eigenvalue weighted by molar-refractivity contribution is 0.0592. The van der Waals surface area contributed by atoms with Gasteiger partial charge < -0.3 is 4.74 Å². The van der Waals surface area contributed by atoms with Crippen LogP contribution < -0.4 is 0 Å². The van der Waals surface area contributed by atoms with Gasteiger partial charge in [-0.15, -0.1) is 0 Å². The van der Waals surface area contributed by atoms with E-state index in [4.69, 9.17) is 0 Å². The van der Waals surface area contributed by atoms with Crippen LogP contribution in [0.5, 0.6) is 0 Å². The third kappa shape index (κ3) is 2.58. The van der Waals surface area contributed by atoms with Crippen molar-refractivity contribution < 1.29 is 22.7 Å². The van der Waals surface area contributed by atoms with Gasteiger partial charge in [-0.3, -0.25) is 0 Å². The number of halogens is 4. The van der Waals surface area contributed by atoms with Crippen LogP contribution in [0.25, 0.3) is 0 Å². The van der Waals surface area contributed by atoms with Gasteiger partial charge in [0.15, 0.2) is 0 Å². The van der Waals surface area contributed by atoms with Crippen molar-refractivity contribution in [2.75, 3.05) is 7.11 Å². The van der Waals surface area contributed by atoms with Gasteiger partial charge >= 0.3 is 5.97 Å². The molecule has 0 radical (unpaired) electrons. The lowest BCUT2D eigenvalue weighted by atomic mass is 10.2. The third-order valence-corrected chi connectivity index (χ3v) is 2.34. The fourth-order valence-electron chi connectivity index (χ4n) is 0.898. The Morgan fingerprint density at radius 1 is 1.60 bits per heavy atom. The van der Waals surface area contributed by atoms with Crippen molar-refractivity contribution in [1.82, 2.24) is 4.98 Å². The first-order valence-electron chi connectivity index (χ1n) is 3.69. The fraction of sp³-hybridized carbons (Fsp3) is 0.250. The van der Waals surface area contributed by atoms with Crippen LogP contribution in [0.4, 0.5) is 13.2 Å². The smallest absolute Gasteiger partial charge is 0.343 e. The zero-order valence-corrected chi connectivity index (χ0v) is 9.59. The maximum atomic E-state index is 13.2. The average Bonchev–Trinajstić information content (AvgIpc) is 2.16. The molecule has 0 saturated carbocycles. The molecule has 1 aromatic rings. The number of alkyl halides is 2. The van der Waals surface area contributed by atoms with E-state index in [1.807, 2.05) is 0 Å². The zero-order chi connectivity index (χ0) is 11.6. The van der Waals surface area contributed by atoms with Gasteiger partial charge in [-0.1, -0.05) is 0 Å². The van der Waals surface area contributed by atoms with Crippen molar-refractivity contribution in [2.24, 2.45) is 0 Å². The van der Waals surface area contributed by atoms with E-state index in [1.54, 1.807) is 0 Å². The van der Waals surface area contributed by atoms with E-state index in [0.717, 1.165) is 7.11 Å². The maximum Gasteiger partial charge on any atom is 0.343 e. The van der Waals surface area contributed by atoms with Crippen LogP contribution in [0, 0.1) is 9.52 Å². The highest BCUT2D eigenvalue weighted by molar-refractivity contribution is 14.1. The summed E-state index contributed by atoms with van der Waals surface area (Å²) < 4.78 is 41.8. The highest BCUT2D eigenvalue weighted by Crippen LogP contribution is 2.22. The number of hydrogen-bond acceptors (Lipinski definition) is 3. The molecular formula is C8H5F3INO2. The van der Waals surface area contributed by atoms with E-state index in [-0.39, 0.29) is 3.70 Å². The number of esters is 1. The molecular weight excluding hydrogens is 326 g/mol. The monoisotopic (exact) mass is 331 g/mol. The number of hydrogen-bond donors (Lipinski definition) is 0. The van der Waals surface area contributed by atoms with Crippen LogP contribution in [-0.4, -0.2) is 18.1 Å². The normalized spacial score (nSPS) is 10.5. The molecule has 0 N–H and O–H groups in total. The zero-order valence-electron chi connectivity index (χ0n) is 7.43. The maximum absolute atomic E-state index is 13.2. The molecule has 82 valence electrons. The molecule has 0 spiro atoms. The van der Waals surface area contributed by atoms with Crippen LogP contribution in [0.15, 0.2) is 6.07 Å². The predicted molar refractivity (Wildman–Crippen MR) is 53.2 cm³/mol. The van der Waals surface area contributed by atoms with E-state index in [0.29, 0.717) is 6.07 Å². The summed E-state index contributed by atoms with van der Waals surface area (Å²) in [5.41, 5.74) is -1.13. The summed E-state index contributed by atoms with van der Waals surface area (Å²) in [6.45, 7) is 0. The molecule has 1 heterocycles. The lowest BCUT2D eigenvalue weighted by Crippen LogP contribution is -2.10. The van der Waals surface area contributed by atoms with E-state index >= 15 is 0 Å². The second-order valence-electron chi connectivity index (χ2n) is 2.49. The first kappa shape index (κ1) is 12.2. The van der Waals surface area contributed by atoms with Crippen LogP contribution >= 0.6 is 22.6 Å². The predicted octanol–water partition coefficient (Wildman–Crippen LogP) is 2.55. The number of pyridine rings is 1. The molecule has 0 aliphatic rings. The van der Waals surface area contributed by atoms with Crippen molar-refractivity contribution in [3.05, 3.63) is 26.8 Å². The van der Waals surface area contributed by atoms with Crippen molar-refractivity contribution in [2.45, 2.75) is 6.43 Å². The molecule has 0 aliphatic heterocycles. The van der Waals surface area contributed by atoms with E-state index in [1.165, 1.54) is 22.6 Å². The minimum absolute atomic E-state index is 0.144. The topological polar surface area (TPSA) is 39.2 Å². The number of carbonyl (C=O) groups is 1. The standard InChI is InChI=1S/C8H5F3INO2/c1-15-8(14)5-3(9)2-4(6(10)11)13-7(5)12/h2,6H,1H3. The quantitative estimate of drug-likeness (QED) is 0.475. The Morgan fingerprint density at radius 3 is 2.60 bits per heavy atom. The van der Waals surface area contributed by atoms with Gasteiger partial charge in [0.2, 0.25) is 0 Å². The first-order valence-corrected chi connectivity index (χ1v) is 4.77. The van der Waals surface area contributed by atoms with Crippen molar-refractivity contribution in [3.63, 3.8) is 0 Å². The second-order valence-corrected chi connectivity index (χ2v) is 3.51. The summed E-state index contributed by atoms with van der Waals surface area (Å²) in [5.74, 6) is -2.00. The Balaban J connectivity index is 3.27. The average molecular weight is 331 g/mol. The molecule has 1 aromatic heterocycles. The van der Waals surface area contributed by atoms with Gasteiger partial charge in [0.25, 0.3) is 6.43 Å². The molecule has 0 unspecified atom stereocenters. The Hall–Kier alpha value is -0.860. The third-order valence-electron chi connectivity index (χ3n) is 1.56. The Bertz CT molecular complexity index is 374. The van der Waals surface area contributed by atoms with E-state index in [2.05, 4.69) is 9.72 Å². The molecule has 0 fully saturated rings. The number of methoxy groups -OCH3 is 1. The number of carbonyl (C=O) groups excluding carboxylic acids is 1. The van der Waals surface area contributed by atoms with Crippen LogP contribution in [-0.2, 0) is 4.74 Å². The largest absolute Gasteiger partial charge is 0.465 e. The minimum atomic E-state index is -2.88. The molecule has 7 heteroatoms.